The lowest BCUT2D eigenvalue weighted by molar-refractivity contribution is -0.139. The molecule has 1 aliphatic rings. The summed E-state index contributed by atoms with van der Waals surface area (Å²) in [5.74, 6) is -1.13. The molecule has 1 saturated heterocycles. The second kappa shape index (κ2) is 16.8. The summed E-state index contributed by atoms with van der Waals surface area (Å²) in [7, 11) is -4.35. The minimum absolute atomic E-state index is 0.150. The number of rotatable bonds is 11. The molecule has 1 aromatic rings. The first-order valence-electron chi connectivity index (χ1n) is 13.0. The van der Waals surface area contributed by atoms with Gasteiger partial charge in [0.15, 0.2) is 0 Å². The predicted molar refractivity (Wildman–Crippen MR) is 141 cm³/mol. The van der Waals surface area contributed by atoms with E-state index in [0.29, 0.717) is 51.2 Å². The number of carboxylic acid groups (broad SMARTS) is 2. The molecular weight excluding hydrogens is 517 g/mol. The zero-order valence-corrected chi connectivity index (χ0v) is 22.7. The van der Waals surface area contributed by atoms with E-state index >= 15 is 0 Å². The highest BCUT2D eigenvalue weighted by atomic mass is 31.2. The minimum Gasteiger partial charge on any atom is -0.491 e. The van der Waals surface area contributed by atoms with Crippen LogP contribution in [0.25, 0.3) is 0 Å². The Labute approximate surface area is 224 Å². The molecule has 2 rings (SSSR count). The highest BCUT2D eigenvalue weighted by Gasteiger charge is 2.23. The normalized spacial score (nSPS) is 19.4. The highest BCUT2D eigenvalue weighted by molar-refractivity contribution is 7.51. The molecule has 0 aliphatic carbocycles. The number of aliphatic hydroxyl groups is 1. The van der Waals surface area contributed by atoms with Gasteiger partial charge in [-0.1, -0.05) is 18.2 Å². The van der Waals surface area contributed by atoms with Gasteiger partial charge >= 0.3 is 19.5 Å². The molecule has 1 atom stereocenters. The van der Waals surface area contributed by atoms with E-state index in [9.17, 15) is 39.3 Å². The fraction of sp³-hybridized carbons (Fsp3) is 0.680. The molecule has 0 aromatic heterocycles. The summed E-state index contributed by atoms with van der Waals surface area (Å²) in [6, 6.07) is 9.24. The Morgan fingerprint density at radius 3 is 1.84 bits per heavy atom. The Balaban J connectivity index is 2.06. The zero-order valence-electron chi connectivity index (χ0n) is 21.8. The maximum Gasteiger partial charge on any atom is 0.339 e. The summed E-state index contributed by atoms with van der Waals surface area (Å²) in [5, 5.41) is 29.3. The number of hydrogen-bond acceptors (Lipinski definition) is 8. The van der Waals surface area contributed by atoms with E-state index in [0.717, 1.165) is 12.8 Å². The number of carboxylic acids is 2. The van der Waals surface area contributed by atoms with Crippen LogP contribution in [-0.4, -0.2) is 123 Å². The Morgan fingerprint density at radius 2 is 1.37 bits per heavy atom. The minimum atomic E-state index is -4.35. The Kier molecular flexibility index (Phi) is 14.2. The van der Waals surface area contributed by atoms with E-state index in [1.54, 1.807) is 14.7 Å². The van der Waals surface area contributed by atoms with Gasteiger partial charge in [-0.05, 0) is 63.2 Å². The molecule has 0 bridgehead atoms. The van der Waals surface area contributed by atoms with Gasteiger partial charge in [0.25, 0.3) is 0 Å². The topological polar surface area (TPSA) is 171 Å². The summed E-state index contributed by atoms with van der Waals surface area (Å²) >= 11 is 0. The van der Waals surface area contributed by atoms with Crippen LogP contribution in [0.3, 0.4) is 0 Å². The number of aliphatic hydroxyl groups excluding tert-OH is 1. The van der Waals surface area contributed by atoms with Crippen LogP contribution in [0.4, 0.5) is 0 Å². The first kappa shape index (κ1) is 32.2. The van der Waals surface area contributed by atoms with Crippen molar-refractivity contribution in [1.29, 1.82) is 0 Å². The van der Waals surface area contributed by atoms with Gasteiger partial charge in [-0.3, -0.25) is 28.9 Å². The van der Waals surface area contributed by atoms with Crippen LogP contribution in [-0.2, 0) is 14.2 Å². The lowest BCUT2D eigenvalue weighted by atomic mass is 9.91. The van der Waals surface area contributed by atoms with E-state index in [-0.39, 0.29) is 38.7 Å². The molecule has 0 radical (unpaired) electrons. The van der Waals surface area contributed by atoms with Gasteiger partial charge in [-0.25, -0.2) is 0 Å². The Bertz CT molecular complexity index is 852. The smallest absolute Gasteiger partial charge is 0.339 e. The van der Waals surface area contributed by atoms with Gasteiger partial charge in [0, 0.05) is 26.2 Å². The third kappa shape index (κ3) is 14.8. The molecule has 0 saturated carbocycles. The molecule has 12 nitrogen and oxygen atoms in total. The molecule has 1 aliphatic heterocycles. The molecule has 0 spiro atoms. The van der Waals surface area contributed by atoms with Crippen LogP contribution in [0.2, 0.25) is 0 Å². The van der Waals surface area contributed by atoms with Crippen LogP contribution in [0.15, 0.2) is 30.3 Å². The third-order valence-corrected chi connectivity index (χ3v) is 7.30. The number of carbonyl (C=O) groups is 2. The lowest BCUT2D eigenvalue weighted by Crippen LogP contribution is -2.43. The Hall–Kier alpha value is -2.05. The highest BCUT2D eigenvalue weighted by Crippen LogP contribution is 2.35. The van der Waals surface area contributed by atoms with Crippen molar-refractivity contribution < 1.29 is 44.0 Å². The first-order valence-corrected chi connectivity index (χ1v) is 14.8. The van der Waals surface area contributed by atoms with Crippen LogP contribution in [0, 0.1) is 5.92 Å². The van der Waals surface area contributed by atoms with Gasteiger partial charge in [0.05, 0.1) is 19.2 Å². The summed E-state index contributed by atoms with van der Waals surface area (Å²) in [6.07, 6.45) is 2.27. The second-order valence-corrected chi connectivity index (χ2v) is 11.5. The number of hydrogen-bond donors (Lipinski definition) is 5. The van der Waals surface area contributed by atoms with Crippen molar-refractivity contribution in [2.45, 2.75) is 38.2 Å². The molecule has 38 heavy (non-hydrogen) atoms. The average Bonchev–Trinajstić information content (AvgIpc) is 2.82. The molecule has 5 N–H and O–H groups in total. The average molecular weight is 560 g/mol. The van der Waals surface area contributed by atoms with Crippen molar-refractivity contribution >= 4 is 19.5 Å². The van der Waals surface area contributed by atoms with Crippen molar-refractivity contribution in [3.63, 3.8) is 0 Å². The van der Waals surface area contributed by atoms with Gasteiger partial charge < -0.3 is 29.8 Å². The van der Waals surface area contributed by atoms with Crippen molar-refractivity contribution in [1.82, 2.24) is 14.7 Å². The molecule has 1 aromatic carbocycles. The molecule has 0 amide bonds. The number of aliphatic carboxylic acids is 2. The van der Waals surface area contributed by atoms with Crippen LogP contribution >= 0.6 is 7.60 Å². The fourth-order valence-electron chi connectivity index (χ4n) is 4.75. The maximum absolute atomic E-state index is 11.7. The third-order valence-electron chi connectivity index (χ3n) is 6.53. The van der Waals surface area contributed by atoms with E-state index in [1.807, 2.05) is 30.3 Å². The maximum atomic E-state index is 11.7. The molecule has 216 valence electrons. The lowest BCUT2D eigenvalue weighted by Gasteiger charge is -2.31. The fourth-order valence-corrected chi connectivity index (χ4v) is 5.55. The SMILES string of the molecule is O=C(O)CN1CCCC(CC(O)COc2ccccc2)CCCN(CC(=O)O)CCN(CP(=O)(O)O)CC1. The van der Waals surface area contributed by atoms with Gasteiger partial charge in [0.1, 0.15) is 18.6 Å². The summed E-state index contributed by atoms with van der Waals surface area (Å²) < 4.78 is 17.3. The van der Waals surface area contributed by atoms with Crippen LogP contribution < -0.4 is 4.74 Å². The van der Waals surface area contributed by atoms with E-state index in [2.05, 4.69) is 0 Å². The standard InChI is InChI=1S/C25H42N3O9P/c29-22(19-37-23-8-2-1-3-9-23)16-21-6-4-10-26(17-24(30)31)12-14-28(20-38(34,35)36)15-13-27(11-5-7-21)18-25(32)33/h1-3,8-9,21-22,29H,4-7,10-20H2,(H,30,31)(H,32,33)(H2,34,35,36). The molecule has 1 fully saturated rings. The summed E-state index contributed by atoms with van der Waals surface area (Å²) in [6.45, 7) is 1.92. The number of benzene rings is 1. The molecule has 13 heteroatoms. The zero-order chi connectivity index (χ0) is 28.0. The number of nitrogens with zero attached hydrogens (tertiary/aromatic N) is 3. The largest absolute Gasteiger partial charge is 0.491 e. The first-order chi connectivity index (χ1) is 18.0. The van der Waals surface area contributed by atoms with Crippen molar-refractivity contribution in [3.8, 4) is 5.75 Å². The van der Waals surface area contributed by atoms with E-state index < -0.39 is 31.9 Å². The van der Waals surface area contributed by atoms with Crippen molar-refractivity contribution in [2.24, 2.45) is 5.92 Å². The van der Waals surface area contributed by atoms with Crippen molar-refractivity contribution in [3.05, 3.63) is 30.3 Å². The van der Waals surface area contributed by atoms with E-state index in [1.165, 1.54) is 0 Å². The van der Waals surface area contributed by atoms with Gasteiger partial charge in [-0.15, -0.1) is 0 Å². The molecule has 1 heterocycles. The van der Waals surface area contributed by atoms with E-state index in [4.69, 9.17) is 4.74 Å². The molecule has 1 unspecified atom stereocenters. The van der Waals surface area contributed by atoms with Gasteiger partial charge in [-0.2, -0.15) is 0 Å². The monoisotopic (exact) mass is 559 g/mol. The quantitative estimate of drug-likeness (QED) is 0.246. The summed E-state index contributed by atoms with van der Waals surface area (Å²) in [5.41, 5.74) is 0. The predicted octanol–water partition coefficient (Wildman–Crippen LogP) is 1.22. The number of para-hydroxylation sites is 1. The molecular formula is C25H42N3O9P. The number of ether oxygens (including phenoxy) is 1. The van der Waals surface area contributed by atoms with Crippen LogP contribution in [0.1, 0.15) is 32.1 Å². The van der Waals surface area contributed by atoms with Gasteiger partial charge in [0.2, 0.25) is 0 Å². The summed E-state index contributed by atoms with van der Waals surface area (Å²) in [4.78, 5) is 46.9. The van der Waals surface area contributed by atoms with Crippen molar-refractivity contribution in [2.75, 3.05) is 65.3 Å². The Morgan fingerprint density at radius 1 is 0.868 bits per heavy atom. The second-order valence-electron chi connectivity index (χ2n) is 9.93. The van der Waals surface area contributed by atoms with Crippen LogP contribution in [0.5, 0.6) is 5.75 Å².